The van der Waals surface area contributed by atoms with Gasteiger partial charge in [0.05, 0.1) is 45.9 Å². The molecule has 6 rings (SSSR count). The molecule has 1 spiro atoms. The number of hydrogen-bond donors (Lipinski definition) is 2. The van der Waals surface area contributed by atoms with Crippen LogP contribution >= 0.6 is 11.3 Å². The molecule has 2 N–H and O–H groups in total. The fourth-order valence-electron chi connectivity index (χ4n) is 7.07. The number of sulfone groups is 1. The van der Waals surface area contributed by atoms with Crippen LogP contribution in [0.15, 0.2) is 41.3 Å². The average Bonchev–Trinajstić information content (AvgIpc) is 3.35. The summed E-state index contributed by atoms with van der Waals surface area (Å²) < 4.78 is 76.6. The van der Waals surface area contributed by atoms with Gasteiger partial charge < -0.3 is 20.1 Å². The lowest BCUT2D eigenvalue weighted by molar-refractivity contribution is -0.126. The van der Waals surface area contributed by atoms with Gasteiger partial charge in [0, 0.05) is 56.1 Å². The highest BCUT2D eigenvalue weighted by molar-refractivity contribution is 7.90. The summed E-state index contributed by atoms with van der Waals surface area (Å²) in [6.45, 7) is 4.25. The van der Waals surface area contributed by atoms with E-state index in [1.807, 2.05) is 12.1 Å². The monoisotopic (exact) mass is 675 g/mol. The number of alkyl halides is 3. The molecule has 3 aliphatic rings. The second-order valence-electron chi connectivity index (χ2n) is 12.8. The van der Waals surface area contributed by atoms with Crippen molar-refractivity contribution in [1.29, 1.82) is 0 Å². The van der Waals surface area contributed by atoms with Gasteiger partial charge in [-0.25, -0.2) is 8.42 Å². The van der Waals surface area contributed by atoms with Gasteiger partial charge >= 0.3 is 6.18 Å². The van der Waals surface area contributed by atoms with Crippen molar-refractivity contribution in [3.8, 4) is 17.6 Å². The molecule has 0 radical (unpaired) electrons. The maximum absolute atomic E-state index is 13.7. The van der Waals surface area contributed by atoms with Crippen molar-refractivity contribution in [3.05, 3.63) is 46.8 Å². The summed E-state index contributed by atoms with van der Waals surface area (Å²) in [6.07, 6.45) is 2.32. The van der Waals surface area contributed by atoms with Gasteiger partial charge in [-0.2, -0.15) is 13.2 Å². The van der Waals surface area contributed by atoms with Crippen molar-refractivity contribution < 1.29 is 31.1 Å². The summed E-state index contributed by atoms with van der Waals surface area (Å²) in [7, 11) is -1.97. The summed E-state index contributed by atoms with van der Waals surface area (Å²) >= 11 is 1.30. The first-order valence-electron chi connectivity index (χ1n) is 15.7. The Morgan fingerprint density at radius 1 is 1.09 bits per heavy atom. The molecule has 0 unspecified atom stereocenters. The lowest BCUT2D eigenvalue weighted by Gasteiger charge is -2.56. The molecule has 1 aliphatic carbocycles. The highest BCUT2D eigenvalue weighted by atomic mass is 32.2. The molecule has 12 heteroatoms. The lowest BCUT2D eigenvalue weighted by Crippen LogP contribution is -2.62. The van der Waals surface area contributed by atoms with Crippen LogP contribution in [0.2, 0.25) is 0 Å². The van der Waals surface area contributed by atoms with Crippen LogP contribution in [0, 0.1) is 17.3 Å². The number of nitrogens with one attached hydrogen (secondary N) is 2. The summed E-state index contributed by atoms with van der Waals surface area (Å²) in [5.74, 6) is 6.28. The van der Waals surface area contributed by atoms with Crippen molar-refractivity contribution in [3.63, 3.8) is 0 Å². The van der Waals surface area contributed by atoms with Gasteiger partial charge in [-0.3, -0.25) is 4.90 Å². The number of thiophene rings is 1. The Balaban J connectivity index is 1.14. The summed E-state index contributed by atoms with van der Waals surface area (Å²) in [5, 5.41) is 7.34. The fourth-order valence-corrected chi connectivity index (χ4v) is 8.88. The quantitative estimate of drug-likeness (QED) is 0.257. The van der Waals surface area contributed by atoms with Crippen molar-refractivity contribution in [2.24, 2.45) is 5.41 Å². The van der Waals surface area contributed by atoms with Crippen LogP contribution in [-0.2, 0) is 21.0 Å². The SMILES string of the molecule is COc1cc(S(C)(=O)=O)ccc1NCC#Cc1sc2c(NC3CCC(N4CC5(CCOCC5)C4)CC3)cccc2c1CC(F)(F)F. The molecule has 0 atom stereocenters. The molecule has 1 aromatic heterocycles. The number of methoxy groups -OCH3 is 1. The van der Waals surface area contributed by atoms with E-state index in [9.17, 15) is 21.6 Å². The number of ether oxygens (including phenoxy) is 2. The third-order valence-corrected chi connectivity index (χ3v) is 11.9. The molecule has 0 amide bonds. The molecule has 3 aromatic rings. The van der Waals surface area contributed by atoms with Crippen molar-refractivity contribution >= 4 is 42.6 Å². The van der Waals surface area contributed by atoms with Gasteiger partial charge in [0.25, 0.3) is 0 Å². The van der Waals surface area contributed by atoms with E-state index in [0.29, 0.717) is 33.2 Å². The third kappa shape index (κ3) is 7.43. The lowest BCUT2D eigenvalue weighted by atomic mass is 9.71. The van der Waals surface area contributed by atoms with Gasteiger partial charge in [-0.1, -0.05) is 24.0 Å². The number of rotatable bonds is 8. The maximum atomic E-state index is 13.7. The molecule has 248 valence electrons. The Morgan fingerprint density at radius 2 is 1.83 bits per heavy atom. The minimum atomic E-state index is -4.38. The zero-order valence-electron chi connectivity index (χ0n) is 26.1. The van der Waals surface area contributed by atoms with Gasteiger partial charge in [0.2, 0.25) is 0 Å². The molecule has 2 aliphatic heterocycles. The van der Waals surface area contributed by atoms with Crippen molar-refractivity contribution in [1.82, 2.24) is 4.90 Å². The Bertz CT molecular complexity index is 1720. The molecule has 3 fully saturated rings. The molecular weight excluding hydrogens is 636 g/mol. The van der Waals surface area contributed by atoms with E-state index in [1.165, 1.54) is 56.5 Å². The predicted molar refractivity (Wildman–Crippen MR) is 177 cm³/mol. The molecule has 46 heavy (non-hydrogen) atoms. The van der Waals surface area contributed by atoms with Crippen LogP contribution in [-0.4, -0.2) is 77.8 Å². The van der Waals surface area contributed by atoms with Gasteiger partial charge in [0.15, 0.2) is 9.84 Å². The van der Waals surface area contributed by atoms with Crippen molar-refractivity contribution in [2.75, 3.05) is 56.8 Å². The zero-order chi connectivity index (χ0) is 32.5. The molecule has 1 saturated carbocycles. The molecule has 2 saturated heterocycles. The van der Waals surface area contributed by atoms with E-state index in [-0.39, 0.29) is 23.0 Å². The molecule has 2 aromatic carbocycles. The summed E-state index contributed by atoms with van der Waals surface area (Å²) in [6, 6.07) is 10.9. The normalized spacial score (nSPS) is 21.8. The Kier molecular flexibility index (Phi) is 9.50. The summed E-state index contributed by atoms with van der Waals surface area (Å²) in [5.41, 5.74) is 2.06. The molecule has 0 bridgehead atoms. The highest BCUT2D eigenvalue weighted by Gasteiger charge is 2.46. The summed E-state index contributed by atoms with van der Waals surface area (Å²) in [4.78, 5) is 3.16. The van der Waals surface area contributed by atoms with E-state index in [4.69, 9.17) is 9.47 Å². The van der Waals surface area contributed by atoms with E-state index in [2.05, 4.69) is 27.4 Å². The highest BCUT2D eigenvalue weighted by Crippen LogP contribution is 2.44. The van der Waals surface area contributed by atoms with E-state index >= 15 is 0 Å². The van der Waals surface area contributed by atoms with Gasteiger partial charge in [-0.15, -0.1) is 11.3 Å². The molecule has 3 heterocycles. The zero-order valence-corrected chi connectivity index (χ0v) is 27.8. The standard InChI is InChI=1S/C34H40F3N3O4S2/c1-43-30-19-25(46(2,41)42)12-13-28(30)38-16-4-7-31-27(20-34(35,36)37)26-5-3-6-29(32(26)45-31)39-23-8-10-24(11-9-23)40-21-33(22-40)14-17-44-18-15-33/h3,5-6,12-13,19,23-24,38-39H,8-11,14-18,20-22H2,1-2H3. The van der Waals surface area contributed by atoms with Crippen LogP contribution in [0.1, 0.15) is 49.0 Å². The second-order valence-corrected chi connectivity index (χ2v) is 15.9. The molecule has 7 nitrogen and oxygen atoms in total. The topological polar surface area (TPSA) is 79.9 Å². The fraction of sp³-hybridized carbons (Fsp3) is 0.529. The average molecular weight is 676 g/mol. The minimum Gasteiger partial charge on any atom is -0.495 e. The number of fused-ring (bicyclic) bond motifs is 1. The minimum absolute atomic E-state index is 0.125. The number of likely N-dealkylation sites (tertiary alicyclic amines) is 1. The predicted octanol–water partition coefficient (Wildman–Crippen LogP) is 6.72. The van der Waals surface area contributed by atoms with Crippen LogP contribution < -0.4 is 15.4 Å². The number of benzene rings is 2. The Hall–Kier alpha value is -2.98. The van der Waals surface area contributed by atoms with E-state index in [1.54, 1.807) is 12.1 Å². The molecular formula is C34H40F3N3O4S2. The first kappa shape index (κ1) is 32.9. The number of hydrogen-bond acceptors (Lipinski definition) is 8. The van der Waals surface area contributed by atoms with Crippen LogP contribution in [0.25, 0.3) is 10.1 Å². The first-order valence-corrected chi connectivity index (χ1v) is 18.4. The van der Waals surface area contributed by atoms with Gasteiger partial charge in [0.1, 0.15) is 5.75 Å². The van der Waals surface area contributed by atoms with Crippen LogP contribution in [0.4, 0.5) is 24.5 Å². The number of nitrogens with zero attached hydrogens (tertiary/aromatic N) is 1. The van der Waals surface area contributed by atoms with E-state index < -0.39 is 22.4 Å². The van der Waals surface area contributed by atoms with Gasteiger partial charge in [-0.05, 0) is 67.7 Å². The van der Waals surface area contributed by atoms with Crippen LogP contribution in [0.5, 0.6) is 5.75 Å². The smallest absolute Gasteiger partial charge is 0.393 e. The van der Waals surface area contributed by atoms with E-state index in [0.717, 1.165) is 55.5 Å². The maximum Gasteiger partial charge on any atom is 0.393 e. The van der Waals surface area contributed by atoms with Crippen LogP contribution in [0.3, 0.4) is 0 Å². The number of anilines is 2. The largest absolute Gasteiger partial charge is 0.495 e. The first-order chi connectivity index (χ1) is 21.9. The Labute approximate surface area is 272 Å². The third-order valence-electron chi connectivity index (χ3n) is 9.57. The second kappa shape index (κ2) is 13.3. The number of halogens is 3. The van der Waals surface area contributed by atoms with Crippen molar-refractivity contribution in [2.45, 2.75) is 68.1 Å². The Morgan fingerprint density at radius 3 is 2.50 bits per heavy atom.